The highest BCUT2D eigenvalue weighted by atomic mass is 19.1. The van der Waals surface area contributed by atoms with Gasteiger partial charge in [-0.2, -0.15) is 0 Å². The molecule has 0 amide bonds. The van der Waals surface area contributed by atoms with Crippen molar-refractivity contribution in [3.63, 3.8) is 0 Å². The number of methoxy groups -OCH3 is 1. The molecule has 0 atom stereocenters. The zero-order chi connectivity index (χ0) is 23.1. The van der Waals surface area contributed by atoms with E-state index in [9.17, 15) is 9.18 Å². The molecule has 0 fully saturated rings. The topological polar surface area (TPSA) is 49.7 Å². The summed E-state index contributed by atoms with van der Waals surface area (Å²) in [7, 11) is 3.58. The summed E-state index contributed by atoms with van der Waals surface area (Å²) < 4.78 is 32.3. The number of hydrogen-bond donors (Lipinski definition) is 0. The maximum absolute atomic E-state index is 13.1. The molecule has 33 heavy (non-hydrogen) atoms. The van der Waals surface area contributed by atoms with E-state index >= 15 is 0 Å². The number of ketones is 1. The maximum atomic E-state index is 13.1. The van der Waals surface area contributed by atoms with E-state index in [1.807, 2.05) is 49.0 Å². The van der Waals surface area contributed by atoms with Crippen LogP contribution in [0.15, 0.2) is 66.6 Å². The highest BCUT2D eigenvalue weighted by Crippen LogP contribution is 2.38. The van der Waals surface area contributed by atoms with Gasteiger partial charge >= 0.3 is 0 Å². The van der Waals surface area contributed by atoms with Gasteiger partial charge in [-0.05, 0) is 60.5 Å². The summed E-state index contributed by atoms with van der Waals surface area (Å²) in [4.78, 5) is 13.1. The Morgan fingerprint density at radius 1 is 1.06 bits per heavy atom. The normalized spacial score (nSPS) is 13.9. The molecule has 0 aliphatic carbocycles. The summed E-state index contributed by atoms with van der Waals surface area (Å²) in [5, 5.41) is 0.969. The SMILES string of the molecule is COc1ccc2c(c1)c(/C=C1\Oc3cc(OCc4ccc(F)cc4)cc(C)c3C1=O)cn2C. The number of aromatic nitrogens is 1. The van der Waals surface area contributed by atoms with Crippen molar-refractivity contribution in [3.05, 3.63) is 94.6 Å². The summed E-state index contributed by atoms with van der Waals surface area (Å²) >= 11 is 0. The van der Waals surface area contributed by atoms with Crippen LogP contribution in [-0.2, 0) is 13.7 Å². The van der Waals surface area contributed by atoms with E-state index in [4.69, 9.17) is 14.2 Å². The molecule has 1 aromatic heterocycles. The number of benzene rings is 3. The van der Waals surface area contributed by atoms with E-state index in [0.29, 0.717) is 17.1 Å². The molecule has 166 valence electrons. The van der Waals surface area contributed by atoms with Gasteiger partial charge in [-0.1, -0.05) is 12.1 Å². The zero-order valence-electron chi connectivity index (χ0n) is 18.5. The number of allylic oxidation sites excluding steroid dienone is 1. The van der Waals surface area contributed by atoms with Crippen molar-refractivity contribution in [1.29, 1.82) is 0 Å². The van der Waals surface area contributed by atoms with Gasteiger partial charge in [-0.25, -0.2) is 4.39 Å². The van der Waals surface area contributed by atoms with Crippen molar-refractivity contribution in [2.45, 2.75) is 13.5 Å². The number of nitrogens with zero attached hydrogens (tertiary/aromatic N) is 1. The molecular weight excluding hydrogens is 421 g/mol. The largest absolute Gasteiger partial charge is 0.497 e. The van der Waals surface area contributed by atoms with Gasteiger partial charge in [-0.3, -0.25) is 4.79 Å². The molecule has 1 aliphatic heterocycles. The average molecular weight is 443 g/mol. The summed E-state index contributed by atoms with van der Waals surface area (Å²) in [6.45, 7) is 2.14. The molecule has 0 bridgehead atoms. The monoisotopic (exact) mass is 443 g/mol. The first-order valence-corrected chi connectivity index (χ1v) is 10.5. The Bertz CT molecular complexity index is 1420. The summed E-state index contributed by atoms with van der Waals surface area (Å²) in [5.41, 5.74) is 4.05. The number of hydrogen-bond acceptors (Lipinski definition) is 4. The molecule has 0 radical (unpaired) electrons. The maximum Gasteiger partial charge on any atom is 0.232 e. The zero-order valence-corrected chi connectivity index (χ0v) is 18.5. The van der Waals surface area contributed by atoms with Crippen molar-refractivity contribution < 1.29 is 23.4 Å². The molecule has 0 unspecified atom stereocenters. The number of Topliss-reactive ketones (excluding diaryl/α,β-unsaturated/α-hetero) is 1. The van der Waals surface area contributed by atoms with E-state index in [1.165, 1.54) is 12.1 Å². The lowest BCUT2D eigenvalue weighted by Crippen LogP contribution is -2.00. The molecule has 1 aliphatic rings. The van der Waals surface area contributed by atoms with E-state index in [-0.39, 0.29) is 24.0 Å². The Hall–Kier alpha value is -4.06. The van der Waals surface area contributed by atoms with Crippen molar-refractivity contribution in [3.8, 4) is 17.2 Å². The van der Waals surface area contributed by atoms with Crippen LogP contribution in [0.2, 0.25) is 0 Å². The molecule has 3 aromatic carbocycles. The molecule has 5 rings (SSSR count). The second kappa shape index (κ2) is 8.13. The van der Waals surface area contributed by atoms with Crippen LogP contribution in [0.5, 0.6) is 17.2 Å². The Kier molecular flexibility index (Phi) is 5.13. The standard InChI is InChI=1S/C27H22FNO4/c1-16-10-21(32-15-17-4-6-19(28)7-5-17)13-24-26(16)27(30)25(33-24)11-18-14-29(2)23-9-8-20(31-3)12-22(18)23/h4-14H,15H2,1-3H3/b25-11-. The molecule has 0 saturated heterocycles. The highest BCUT2D eigenvalue weighted by molar-refractivity contribution is 6.16. The molecular formula is C27H22FNO4. The van der Waals surface area contributed by atoms with E-state index < -0.39 is 0 Å². The predicted molar refractivity (Wildman–Crippen MR) is 124 cm³/mol. The van der Waals surface area contributed by atoms with E-state index in [1.54, 1.807) is 31.4 Å². The first-order valence-electron chi connectivity index (χ1n) is 10.5. The van der Waals surface area contributed by atoms with Gasteiger partial charge in [0.1, 0.15) is 29.7 Å². The van der Waals surface area contributed by atoms with Gasteiger partial charge in [-0.15, -0.1) is 0 Å². The molecule has 4 aromatic rings. The van der Waals surface area contributed by atoms with Crippen molar-refractivity contribution in [1.82, 2.24) is 4.57 Å². The first-order chi connectivity index (χ1) is 15.9. The fourth-order valence-electron chi connectivity index (χ4n) is 4.09. The van der Waals surface area contributed by atoms with Crippen LogP contribution in [0.25, 0.3) is 17.0 Å². The third-order valence-electron chi connectivity index (χ3n) is 5.78. The van der Waals surface area contributed by atoms with Crippen LogP contribution in [0, 0.1) is 12.7 Å². The minimum absolute atomic E-state index is 0.160. The first kappa shape index (κ1) is 20.8. The van der Waals surface area contributed by atoms with Crippen LogP contribution in [-0.4, -0.2) is 17.5 Å². The van der Waals surface area contributed by atoms with Crippen LogP contribution in [0.4, 0.5) is 4.39 Å². The summed E-state index contributed by atoms with van der Waals surface area (Å²) in [5.74, 6) is 1.61. The second-order valence-corrected chi connectivity index (χ2v) is 8.05. The Morgan fingerprint density at radius 2 is 1.85 bits per heavy atom. The number of aryl methyl sites for hydroxylation is 2. The molecule has 0 saturated carbocycles. The van der Waals surface area contributed by atoms with Gasteiger partial charge in [0.05, 0.1) is 12.7 Å². The van der Waals surface area contributed by atoms with Crippen molar-refractivity contribution in [2.75, 3.05) is 7.11 Å². The molecule has 2 heterocycles. The minimum Gasteiger partial charge on any atom is -0.497 e. The third kappa shape index (κ3) is 3.84. The number of ether oxygens (including phenoxy) is 3. The quantitative estimate of drug-likeness (QED) is 0.364. The number of fused-ring (bicyclic) bond motifs is 2. The predicted octanol–water partition coefficient (Wildman–Crippen LogP) is 5.83. The Balaban J connectivity index is 1.44. The van der Waals surface area contributed by atoms with Gasteiger partial charge in [0.2, 0.25) is 5.78 Å². The highest BCUT2D eigenvalue weighted by Gasteiger charge is 2.30. The average Bonchev–Trinajstić information content (AvgIpc) is 3.29. The summed E-state index contributed by atoms with van der Waals surface area (Å²) in [6.07, 6.45) is 3.73. The second-order valence-electron chi connectivity index (χ2n) is 8.05. The van der Waals surface area contributed by atoms with Gasteiger partial charge in [0.15, 0.2) is 5.76 Å². The molecule has 5 nitrogen and oxygen atoms in total. The Labute approximate surface area is 190 Å². The fourth-order valence-corrected chi connectivity index (χ4v) is 4.09. The molecule has 0 spiro atoms. The van der Waals surface area contributed by atoms with Crippen LogP contribution < -0.4 is 14.2 Å². The number of halogens is 1. The van der Waals surface area contributed by atoms with Crippen molar-refractivity contribution in [2.24, 2.45) is 7.05 Å². The van der Waals surface area contributed by atoms with Crippen LogP contribution >= 0.6 is 0 Å². The van der Waals surface area contributed by atoms with E-state index in [2.05, 4.69) is 0 Å². The van der Waals surface area contributed by atoms with Gasteiger partial charge in [0, 0.05) is 35.8 Å². The fraction of sp³-hybridized carbons (Fsp3) is 0.148. The molecule has 0 N–H and O–H groups in total. The third-order valence-corrected chi connectivity index (χ3v) is 5.78. The minimum atomic E-state index is -0.289. The van der Waals surface area contributed by atoms with Gasteiger partial charge in [0.25, 0.3) is 0 Å². The lowest BCUT2D eigenvalue weighted by atomic mass is 10.0. The number of rotatable bonds is 5. The van der Waals surface area contributed by atoms with Gasteiger partial charge < -0.3 is 18.8 Å². The van der Waals surface area contributed by atoms with Crippen LogP contribution in [0.1, 0.15) is 27.0 Å². The Morgan fingerprint density at radius 3 is 2.61 bits per heavy atom. The smallest absolute Gasteiger partial charge is 0.232 e. The van der Waals surface area contributed by atoms with E-state index in [0.717, 1.165) is 33.3 Å². The lowest BCUT2D eigenvalue weighted by molar-refractivity contribution is 0.101. The van der Waals surface area contributed by atoms with Crippen molar-refractivity contribution >= 4 is 22.8 Å². The molecule has 6 heteroatoms. The number of carbonyl (C=O) groups excluding carboxylic acids is 1. The lowest BCUT2D eigenvalue weighted by Gasteiger charge is -2.09. The summed E-state index contributed by atoms with van der Waals surface area (Å²) in [6, 6.07) is 15.5. The number of carbonyl (C=O) groups is 1. The van der Waals surface area contributed by atoms with Crippen LogP contribution in [0.3, 0.4) is 0 Å².